The first-order valence-electron chi connectivity index (χ1n) is 4.57. The maximum atomic E-state index is 11.6. The number of carboxylic acids is 1. The Hall–Kier alpha value is -1.08. The second kappa shape index (κ2) is 4.84. The van der Waals surface area contributed by atoms with Crippen LogP contribution < -0.4 is 16.9 Å². The number of nitrogens with zero attached hydrogens (tertiary/aromatic N) is 1. The van der Waals surface area contributed by atoms with Gasteiger partial charge in [-0.25, -0.2) is 5.84 Å². The van der Waals surface area contributed by atoms with Gasteiger partial charge in [0.2, 0.25) is 0 Å². The van der Waals surface area contributed by atoms with E-state index < -0.39 is 31.7 Å². The highest BCUT2D eigenvalue weighted by Gasteiger charge is 2.48. The fraction of sp³-hybridized carbons (Fsp3) is 0.714. The van der Waals surface area contributed by atoms with Gasteiger partial charge in [-0.05, 0) is 6.42 Å². The normalized spacial score (nSPS) is 30.8. The first-order chi connectivity index (χ1) is 7.41. The Labute approximate surface area is 93.1 Å². The van der Waals surface area contributed by atoms with Crippen LogP contribution in [0.3, 0.4) is 0 Å². The molecule has 1 fully saturated rings. The largest absolute Gasteiger partial charge is 0.480 e. The smallest absolute Gasteiger partial charge is 0.317 e. The molecule has 0 aromatic heterocycles. The van der Waals surface area contributed by atoms with Crippen molar-refractivity contribution in [2.24, 2.45) is 11.6 Å². The minimum absolute atomic E-state index is 0.241. The van der Waals surface area contributed by atoms with Gasteiger partial charge in [-0.15, -0.1) is 0 Å². The molecule has 1 heterocycles. The summed E-state index contributed by atoms with van der Waals surface area (Å²) in [5.74, 6) is 3.62. The van der Waals surface area contributed by atoms with E-state index >= 15 is 0 Å². The van der Waals surface area contributed by atoms with Crippen LogP contribution in [0.4, 0.5) is 0 Å². The van der Waals surface area contributed by atoms with E-state index in [1.807, 2.05) is 0 Å². The maximum absolute atomic E-state index is 11.6. The van der Waals surface area contributed by atoms with E-state index in [9.17, 15) is 14.2 Å². The van der Waals surface area contributed by atoms with E-state index in [2.05, 4.69) is 5.32 Å². The second-order valence-corrected chi connectivity index (χ2v) is 4.45. The van der Waals surface area contributed by atoms with Crippen LogP contribution >= 0.6 is 8.46 Å². The first kappa shape index (κ1) is 13.0. The second-order valence-electron chi connectivity index (χ2n) is 3.53. The molecular formula is C7H13N4O4P. The lowest BCUT2D eigenvalue weighted by Gasteiger charge is -2.38. The summed E-state index contributed by atoms with van der Waals surface area (Å²) < 4.78 is 11.0. The van der Waals surface area contributed by atoms with Gasteiger partial charge >= 0.3 is 5.97 Å². The molecule has 1 amide bonds. The van der Waals surface area contributed by atoms with Gasteiger partial charge in [0.25, 0.3) is 5.91 Å². The van der Waals surface area contributed by atoms with Crippen LogP contribution in [0.1, 0.15) is 6.42 Å². The quantitative estimate of drug-likeness (QED) is 0.258. The third-order valence-corrected chi connectivity index (χ3v) is 3.25. The molecule has 0 bridgehead atoms. The van der Waals surface area contributed by atoms with Crippen molar-refractivity contribution in [3.8, 4) is 0 Å². The standard InChI is InChI=1S/C7H13N4O4P/c8-7(16-15)4(10-3-5(12)13)1-2-11(9)6(7)14/h4,10H,1-3,8-9H2,(H,12,13)/t4?,7-/m0/s1. The summed E-state index contributed by atoms with van der Waals surface area (Å²) in [5.41, 5.74) is 5.67. The van der Waals surface area contributed by atoms with Crippen molar-refractivity contribution < 1.29 is 19.3 Å². The lowest BCUT2D eigenvalue weighted by molar-refractivity contribution is -0.140. The van der Waals surface area contributed by atoms with Crippen molar-refractivity contribution in [3.63, 3.8) is 0 Å². The third kappa shape index (κ3) is 2.35. The molecule has 0 aliphatic carbocycles. The highest BCUT2D eigenvalue weighted by molar-refractivity contribution is 7.27. The van der Waals surface area contributed by atoms with E-state index in [1.54, 1.807) is 0 Å². The average molecular weight is 248 g/mol. The Kier molecular flexibility index (Phi) is 3.93. The van der Waals surface area contributed by atoms with Gasteiger partial charge in [0.05, 0.1) is 6.54 Å². The lowest BCUT2D eigenvalue weighted by Crippen LogP contribution is -2.68. The van der Waals surface area contributed by atoms with E-state index in [0.717, 1.165) is 5.01 Å². The molecule has 90 valence electrons. The Balaban J connectivity index is 2.79. The zero-order chi connectivity index (χ0) is 12.3. The minimum Gasteiger partial charge on any atom is -0.480 e. The van der Waals surface area contributed by atoms with Crippen LogP contribution in [-0.2, 0) is 14.2 Å². The van der Waals surface area contributed by atoms with Gasteiger partial charge < -0.3 is 16.2 Å². The monoisotopic (exact) mass is 248 g/mol. The molecule has 8 nitrogen and oxygen atoms in total. The number of rotatable bonds is 4. The summed E-state index contributed by atoms with van der Waals surface area (Å²) in [6, 6.07) is -0.671. The zero-order valence-corrected chi connectivity index (χ0v) is 9.31. The van der Waals surface area contributed by atoms with Gasteiger partial charge in [0.1, 0.15) is 0 Å². The number of hydrazine groups is 1. The number of hydrogen-bond donors (Lipinski definition) is 4. The summed E-state index contributed by atoms with van der Waals surface area (Å²) in [4.78, 5) is 22.0. The molecule has 0 spiro atoms. The Bertz CT molecular complexity index is 326. The number of nitrogens with two attached hydrogens (primary N) is 2. The van der Waals surface area contributed by atoms with Gasteiger partial charge in [-0.2, -0.15) is 0 Å². The Morgan fingerprint density at radius 3 is 2.88 bits per heavy atom. The zero-order valence-electron chi connectivity index (χ0n) is 8.42. The first-order valence-corrected chi connectivity index (χ1v) is 5.38. The van der Waals surface area contributed by atoms with Gasteiger partial charge in [-0.1, -0.05) is 0 Å². The molecule has 1 saturated heterocycles. The maximum Gasteiger partial charge on any atom is 0.317 e. The predicted molar refractivity (Wildman–Crippen MR) is 54.5 cm³/mol. The number of carboxylic acid groups (broad SMARTS) is 1. The molecule has 0 radical (unpaired) electrons. The lowest BCUT2D eigenvalue weighted by atomic mass is 9.99. The van der Waals surface area contributed by atoms with Crippen molar-refractivity contribution >= 4 is 20.3 Å². The molecule has 2 atom stereocenters. The van der Waals surface area contributed by atoms with Gasteiger partial charge in [-0.3, -0.25) is 19.2 Å². The van der Waals surface area contributed by atoms with Gasteiger partial charge in [0.15, 0.2) is 13.7 Å². The summed E-state index contributed by atoms with van der Waals surface area (Å²) in [5, 5.41) is 10.3. The number of carbonyl (C=O) groups excluding carboxylic acids is 1. The fourth-order valence-electron chi connectivity index (χ4n) is 1.54. The van der Waals surface area contributed by atoms with E-state index in [1.165, 1.54) is 0 Å². The molecule has 0 aromatic carbocycles. The van der Waals surface area contributed by atoms with E-state index in [0.29, 0.717) is 6.42 Å². The number of carbonyl (C=O) groups is 2. The van der Waals surface area contributed by atoms with Crippen LogP contribution in [0, 0.1) is 0 Å². The third-order valence-electron chi connectivity index (χ3n) is 2.44. The molecule has 6 N–H and O–H groups in total. The summed E-state index contributed by atoms with van der Waals surface area (Å²) in [6.45, 7) is -0.110. The molecule has 1 rings (SSSR count). The fourth-order valence-corrected chi connectivity index (χ4v) is 2.09. The molecular weight excluding hydrogens is 235 g/mol. The van der Waals surface area contributed by atoms with E-state index in [-0.39, 0.29) is 13.1 Å². The Morgan fingerprint density at radius 1 is 1.75 bits per heavy atom. The molecule has 0 aromatic rings. The van der Waals surface area contributed by atoms with Crippen molar-refractivity contribution in [2.45, 2.75) is 17.7 Å². The summed E-state index contributed by atoms with van der Waals surface area (Å²) in [7, 11) is -0.584. The average Bonchev–Trinajstić information content (AvgIpc) is 2.24. The van der Waals surface area contributed by atoms with Crippen molar-refractivity contribution in [1.82, 2.24) is 10.3 Å². The number of piperidine rings is 1. The minimum atomic E-state index is -1.69. The molecule has 1 aliphatic heterocycles. The molecule has 0 saturated carbocycles. The Morgan fingerprint density at radius 2 is 2.38 bits per heavy atom. The predicted octanol–water partition coefficient (Wildman–Crippen LogP) is -1.92. The number of nitrogens with one attached hydrogen (secondary N) is 1. The van der Waals surface area contributed by atoms with Gasteiger partial charge in [0, 0.05) is 12.6 Å². The molecule has 16 heavy (non-hydrogen) atoms. The topological polar surface area (TPSA) is 139 Å². The van der Waals surface area contributed by atoms with Crippen molar-refractivity contribution in [1.29, 1.82) is 0 Å². The van der Waals surface area contributed by atoms with Crippen LogP contribution in [0.2, 0.25) is 0 Å². The van der Waals surface area contributed by atoms with Crippen LogP contribution in [-0.4, -0.2) is 46.4 Å². The molecule has 1 unspecified atom stereocenters. The SMILES string of the molecule is NN1CCC(NCC(=O)O)[C@](N)(P=O)C1=O. The van der Waals surface area contributed by atoms with Crippen LogP contribution in [0.5, 0.6) is 0 Å². The molecule has 1 aliphatic rings. The summed E-state index contributed by atoms with van der Waals surface area (Å²) >= 11 is 0. The van der Waals surface area contributed by atoms with Crippen LogP contribution in [0.25, 0.3) is 0 Å². The number of hydrogen-bond acceptors (Lipinski definition) is 6. The number of amides is 1. The highest BCUT2D eigenvalue weighted by atomic mass is 31.1. The number of aliphatic carboxylic acids is 1. The summed E-state index contributed by atoms with van der Waals surface area (Å²) in [6.07, 6.45) is 0.348. The molecule has 9 heteroatoms. The van der Waals surface area contributed by atoms with Crippen molar-refractivity contribution in [3.05, 3.63) is 0 Å². The van der Waals surface area contributed by atoms with E-state index in [4.69, 9.17) is 16.7 Å². The van der Waals surface area contributed by atoms with Crippen molar-refractivity contribution in [2.75, 3.05) is 13.1 Å². The highest BCUT2D eigenvalue weighted by Crippen LogP contribution is 2.28. The van der Waals surface area contributed by atoms with Crippen LogP contribution in [0.15, 0.2) is 0 Å².